The van der Waals surface area contributed by atoms with Gasteiger partial charge in [-0.2, -0.15) is 0 Å². The van der Waals surface area contributed by atoms with Crippen LogP contribution in [0.5, 0.6) is 0 Å². The third kappa shape index (κ3) is 3.52. The maximum atomic E-state index is 7.62. The predicted molar refractivity (Wildman–Crippen MR) is 120 cm³/mol. The molecule has 0 atom stereocenters. The van der Waals surface area contributed by atoms with Crippen molar-refractivity contribution in [2.24, 2.45) is 25.6 Å². The van der Waals surface area contributed by atoms with E-state index < -0.39 is 0 Å². The summed E-state index contributed by atoms with van der Waals surface area (Å²) in [4.78, 5) is 9.47. The zero-order chi connectivity index (χ0) is 21.4. The lowest BCUT2D eigenvalue weighted by molar-refractivity contribution is 0.659. The molecule has 0 radical (unpaired) electrons. The lowest BCUT2D eigenvalue weighted by atomic mass is 10.2. The molecule has 2 aromatic heterocycles. The molecular weight excluding hydrogens is 376 g/mol. The Balaban J connectivity index is 1.44. The highest BCUT2D eigenvalue weighted by Crippen LogP contribution is 2.20. The van der Waals surface area contributed by atoms with Gasteiger partial charge in [0, 0.05) is 38.1 Å². The molecule has 0 saturated heterocycles. The second kappa shape index (κ2) is 7.62. The van der Waals surface area contributed by atoms with Crippen molar-refractivity contribution in [2.45, 2.75) is 25.7 Å². The van der Waals surface area contributed by atoms with Gasteiger partial charge < -0.3 is 20.6 Å². The van der Waals surface area contributed by atoms with Crippen molar-refractivity contribution in [3.05, 3.63) is 59.2 Å². The Morgan fingerprint density at radius 1 is 0.767 bits per heavy atom. The molecule has 0 unspecified atom stereocenters. The van der Waals surface area contributed by atoms with Crippen LogP contribution in [0.25, 0.3) is 22.1 Å². The number of hydrogen-bond acceptors (Lipinski definition) is 4. The fourth-order valence-corrected chi connectivity index (χ4v) is 3.83. The van der Waals surface area contributed by atoms with Gasteiger partial charge in [0.15, 0.2) is 0 Å². The molecule has 0 bridgehead atoms. The third-order valence-electron chi connectivity index (χ3n) is 5.62. The van der Waals surface area contributed by atoms with Gasteiger partial charge in [-0.1, -0.05) is 0 Å². The molecule has 0 aliphatic carbocycles. The molecule has 0 spiro atoms. The Morgan fingerprint density at radius 3 is 1.53 bits per heavy atom. The first-order valence-corrected chi connectivity index (χ1v) is 9.94. The minimum absolute atomic E-state index is 0.0672. The highest BCUT2D eigenvalue weighted by Gasteiger charge is 2.11. The maximum absolute atomic E-state index is 7.62. The van der Waals surface area contributed by atoms with Gasteiger partial charge in [0.25, 0.3) is 0 Å². The molecule has 2 heterocycles. The number of unbranched alkanes of at least 4 members (excludes halogenated alkanes) is 1. The number of nitrogens with one attached hydrogen (secondary N) is 2. The Labute approximate surface area is 174 Å². The van der Waals surface area contributed by atoms with Crippen molar-refractivity contribution in [1.29, 1.82) is 10.8 Å². The summed E-state index contributed by atoms with van der Waals surface area (Å²) in [5.41, 5.74) is 16.5. The third-order valence-corrected chi connectivity index (χ3v) is 5.62. The molecule has 4 rings (SSSR count). The predicted octanol–water partition coefficient (Wildman–Crippen LogP) is 2.59. The number of fused-ring (bicyclic) bond motifs is 2. The first-order chi connectivity index (χ1) is 14.3. The summed E-state index contributed by atoms with van der Waals surface area (Å²) in [6.45, 7) is 0. The summed E-state index contributed by atoms with van der Waals surface area (Å²) in [5.74, 6) is 2.19. The number of nitrogen functional groups attached to an aromatic ring is 2. The van der Waals surface area contributed by atoms with Crippen LogP contribution in [0, 0.1) is 10.8 Å². The van der Waals surface area contributed by atoms with Crippen LogP contribution in [0.4, 0.5) is 0 Å². The molecule has 0 aliphatic rings. The summed E-state index contributed by atoms with van der Waals surface area (Å²) in [7, 11) is 4.01. The van der Waals surface area contributed by atoms with E-state index >= 15 is 0 Å². The largest absolute Gasteiger partial charge is 0.384 e. The summed E-state index contributed by atoms with van der Waals surface area (Å²) in [5, 5.41) is 15.2. The molecule has 4 aromatic rings. The number of rotatable bonds is 7. The minimum atomic E-state index is 0.0672. The minimum Gasteiger partial charge on any atom is -0.384 e. The van der Waals surface area contributed by atoms with Crippen molar-refractivity contribution < 1.29 is 0 Å². The van der Waals surface area contributed by atoms with E-state index in [0.717, 1.165) is 59.4 Å². The van der Waals surface area contributed by atoms with Crippen LogP contribution in [-0.2, 0) is 26.9 Å². The SMILES string of the molecule is Cn1c(CCCCc2nc3ccc(C(=N)N)cc3n2C)nc2ccc(C(=N)N)cc21. The zero-order valence-corrected chi connectivity index (χ0v) is 17.2. The second-order valence-electron chi connectivity index (χ2n) is 7.62. The number of amidine groups is 2. The number of nitrogens with two attached hydrogens (primary N) is 2. The van der Waals surface area contributed by atoms with Gasteiger partial charge in [-0.25, -0.2) is 9.97 Å². The van der Waals surface area contributed by atoms with Crippen LogP contribution in [-0.4, -0.2) is 30.8 Å². The van der Waals surface area contributed by atoms with E-state index in [0.29, 0.717) is 11.1 Å². The Hall–Kier alpha value is -3.68. The molecule has 0 fully saturated rings. The first kappa shape index (κ1) is 19.6. The number of benzene rings is 2. The molecule has 0 saturated carbocycles. The van der Waals surface area contributed by atoms with Gasteiger partial charge in [0.05, 0.1) is 22.1 Å². The number of aromatic nitrogens is 4. The molecule has 0 aliphatic heterocycles. The fourth-order valence-electron chi connectivity index (χ4n) is 3.83. The van der Waals surface area contributed by atoms with Crippen molar-refractivity contribution in [1.82, 2.24) is 19.1 Å². The highest BCUT2D eigenvalue weighted by atomic mass is 15.1. The smallest absolute Gasteiger partial charge is 0.122 e. The molecule has 30 heavy (non-hydrogen) atoms. The van der Waals surface area contributed by atoms with Crippen LogP contribution < -0.4 is 11.5 Å². The highest BCUT2D eigenvalue weighted by molar-refractivity contribution is 5.98. The average molecular weight is 403 g/mol. The normalized spacial score (nSPS) is 11.4. The topological polar surface area (TPSA) is 135 Å². The van der Waals surface area contributed by atoms with E-state index in [4.69, 9.17) is 32.3 Å². The van der Waals surface area contributed by atoms with Crippen molar-refractivity contribution >= 4 is 33.7 Å². The van der Waals surface area contributed by atoms with E-state index in [1.807, 2.05) is 50.5 Å². The van der Waals surface area contributed by atoms with Crippen molar-refractivity contribution in [3.63, 3.8) is 0 Å². The average Bonchev–Trinajstić information content (AvgIpc) is 3.21. The summed E-state index contributed by atoms with van der Waals surface area (Å²) in [6.07, 6.45) is 3.75. The van der Waals surface area contributed by atoms with Crippen LogP contribution in [0.1, 0.15) is 35.6 Å². The molecule has 6 N–H and O–H groups in total. The van der Waals surface area contributed by atoms with Crippen LogP contribution >= 0.6 is 0 Å². The Morgan fingerprint density at radius 2 is 1.17 bits per heavy atom. The van der Waals surface area contributed by atoms with E-state index in [1.165, 1.54) is 0 Å². The monoisotopic (exact) mass is 402 g/mol. The molecule has 8 nitrogen and oxygen atoms in total. The van der Waals surface area contributed by atoms with E-state index in [-0.39, 0.29) is 11.7 Å². The van der Waals surface area contributed by atoms with Crippen molar-refractivity contribution in [2.75, 3.05) is 0 Å². The van der Waals surface area contributed by atoms with Crippen LogP contribution in [0.15, 0.2) is 36.4 Å². The first-order valence-electron chi connectivity index (χ1n) is 9.94. The molecule has 0 amide bonds. The van der Waals surface area contributed by atoms with Gasteiger partial charge in [0.2, 0.25) is 0 Å². The molecule has 2 aromatic carbocycles. The van der Waals surface area contributed by atoms with Gasteiger partial charge >= 0.3 is 0 Å². The van der Waals surface area contributed by atoms with Crippen molar-refractivity contribution in [3.8, 4) is 0 Å². The molecule has 8 heteroatoms. The number of nitrogens with zero attached hydrogens (tertiary/aromatic N) is 4. The summed E-state index contributed by atoms with van der Waals surface area (Å²) >= 11 is 0. The fraction of sp³-hybridized carbons (Fsp3) is 0.273. The van der Waals surface area contributed by atoms with Gasteiger partial charge in [-0.05, 0) is 49.2 Å². The van der Waals surface area contributed by atoms with Gasteiger partial charge in [0.1, 0.15) is 23.3 Å². The molecule has 154 valence electrons. The lowest BCUT2D eigenvalue weighted by Gasteiger charge is -2.05. The van der Waals surface area contributed by atoms with E-state index in [2.05, 4.69) is 9.13 Å². The Bertz CT molecular complexity index is 1180. The van der Waals surface area contributed by atoms with Crippen LogP contribution in [0.2, 0.25) is 0 Å². The van der Waals surface area contributed by atoms with E-state index in [9.17, 15) is 0 Å². The second-order valence-corrected chi connectivity index (χ2v) is 7.62. The zero-order valence-electron chi connectivity index (χ0n) is 17.2. The standard InChI is InChI=1S/C22H26N8/c1-29-17-11-13(21(23)24)7-9-15(17)27-19(29)5-3-4-6-20-28-16-10-8-14(22(25)26)12-18(16)30(20)2/h7-12H,3-6H2,1-2H3,(H3,23,24)(H3,25,26). The molecular formula is C22H26N8. The Kier molecular flexibility index (Phi) is 4.99. The maximum Gasteiger partial charge on any atom is 0.122 e. The number of aryl methyl sites for hydroxylation is 4. The van der Waals surface area contributed by atoms with Crippen LogP contribution in [0.3, 0.4) is 0 Å². The van der Waals surface area contributed by atoms with E-state index in [1.54, 1.807) is 0 Å². The van der Waals surface area contributed by atoms with Gasteiger partial charge in [-0.15, -0.1) is 0 Å². The quantitative estimate of drug-likeness (QED) is 0.215. The number of imidazole rings is 2. The lowest BCUT2D eigenvalue weighted by Crippen LogP contribution is -2.10. The summed E-state index contributed by atoms with van der Waals surface area (Å²) in [6, 6.07) is 11.4. The van der Waals surface area contributed by atoms with Gasteiger partial charge in [-0.3, -0.25) is 10.8 Å². The summed E-state index contributed by atoms with van der Waals surface area (Å²) < 4.78 is 4.17. The number of hydrogen-bond donors (Lipinski definition) is 4.